The number of aliphatic hydroxyl groups excluding tert-OH is 1. The number of halogens is 1. The first-order valence-electron chi connectivity index (χ1n) is 5.03. The molecule has 1 aromatic rings. The number of benzene rings is 1. The first-order chi connectivity index (χ1) is 7.16. The van der Waals surface area contributed by atoms with Crippen molar-refractivity contribution in [2.45, 2.75) is 32.3 Å². The minimum atomic E-state index is -0.407. The maximum atomic E-state index is 9.96. The van der Waals surface area contributed by atoms with E-state index >= 15 is 0 Å². The molecule has 2 heteroatoms. The summed E-state index contributed by atoms with van der Waals surface area (Å²) in [7, 11) is 0. The van der Waals surface area contributed by atoms with Gasteiger partial charge in [-0.25, -0.2) is 0 Å². The highest BCUT2D eigenvalue weighted by Gasteiger charge is 2.10. The minimum Gasteiger partial charge on any atom is -0.388 e. The van der Waals surface area contributed by atoms with Gasteiger partial charge in [0.1, 0.15) is 0 Å². The van der Waals surface area contributed by atoms with Gasteiger partial charge in [-0.1, -0.05) is 28.1 Å². The normalized spacial score (nSPS) is 12.1. The van der Waals surface area contributed by atoms with Crippen LogP contribution in [0.2, 0.25) is 0 Å². The van der Waals surface area contributed by atoms with Crippen LogP contribution in [0.25, 0.3) is 0 Å². The monoisotopic (exact) mass is 266 g/mol. The van der Waals surface area contributed by atoms with Gasteiger partial charge in [-0.3, -0.25) is 0 Å². The van der Waals surface area contributed by atoms with Crippen LogP contribution >= 0.6 is 15.9 Å². The Bertz CT molecular complexity index is 365. The Morgan fingerprint density at radius 2 is 2.27 bits per heavy atom. The third-order valence-electron chi connectivity index (χ3n) is 2.47. The van der Waals surface area contributed by atoms with Gasteiger partial charge in [-0.15, -0.1) is 12.3 Å². The van der Waals surface area contributed by atoms with Crippen molar-refractivity contribution in [2.24, 2.45) is 0 Å². The highest BCUT2D eigenvalue weighted by molar-refractivity contribution is 9.10. The van der Waals surface area contributed by atoms with Crippen molar-refractivity contribution in [3.8, 4) is 12.3 Å². The molecule has 0 bridgehead atoms. The van der Waals surface area contributed by atoms with Crippen molar-refractivity contribution in [1.29, 1.82) is 0 Å². The average Bonchev–Trinajstić information content (AvgIpc) is 2.22. The van der Waals surface area contributed by atoms with Crippen LogP contribution in [-0.2, 0) is 0 Å². The summed E-state index contributed by atoms with van der Waals surface area (Å²) in [5.74, 6) is 2.58. The second kappa shape index (κ2) is 5.95. The molecule has 0 aliphatic heterocycles. The molecule has 0 aromatic heterocycles. The molecule has 1 rings (SSSR count). The first-order valence-corrected chi connectivity index (χ1v) is 5.82. The quantitative estimate of drug-likeness (QED) is 0.652. The van der Waals surface area contributed by atoms with Gasteiger partial charge in [0.25, 0.3) is 0 Å². The average molecular weight is 267 g/mol. The maximum Gasteiger partial charge on any atom is 0.0793 e. The number of hydrogen-bond acceptors (Lipinski definition) is 1. The standard InChI is InChI=1S/C13H15BrO/c1-3-4-5-9-13(15)11-7-6-8-12(14)10(11)2/h1,6-8,13,15H,4-5,9H2,2H3. The number of terminal acetylenes is 1. The second-order valence-corrected chi connectivity index (χ2v) is 4.42. The highest BCUT2D eigenvalue weighted by Crippen LogP contribution is 2.27. The predicted molar refractivity (Wildman–Crippen MR) is 66.5 cm³/mol. The van der Waals surface area contributed by atoms with E-state index in [1.807, 2.05) is 25.1 Å². The molecule has 1 unspecified atom stereocenters. The van der Waals surface area contributed by atoms with Crippen molar-refractivity contribution < 1.29 is 5.11 Å². The van der Waals surface area contributed by atoms with Gasteiger partial charge in [0.15, 0.2) is 0 Å². The van der Waals surface area contributed by atoms with Gasteiger partial charge in [-0.2, -0.15) is 0 Å². The van der Waals surface area contributed by atoms with Crippen LogP contribution in [0.4, 0.5) is 0 Å². The Kier molecular flexibility index (Phi) is 4.87. The van der Waals surface area contributed by atoms with Gasteiger partial charge in [0.05, 0.1) is 6.10 Å². The molecule has 0 spiro atoms. The Morgan fingerprint density at radius 1 is 1.53 bits per heavy atom. The maximum absolute atomic E-state index is 9.96. The predicted octanol–water partition coefficient (Wildman–Crippen LogP) is 3.59. The van der Waals surface area contributed by atoms with Crippen LogP contribution in [0.15, 0.2) is 22.7 Å². The zero-order valence-corrected chi connectivity index (χ0v) is 10.4. The lowest BCUT2D eigenvalue weighted by Crippen LogP contribution is -2.00. The summed E-state index contributed by atoms with van der Waals surface area (Å²) < 4.78 is 1.04. The largest absolute Gasteiger partial charge is 0.388 e. The highest BCUT2D eigenvalue weighted by atomic mass is 79.9. The molecule has 0 aliphatic rings. The Labute approximate surface area is 99.6 Å². The third-order valence-corrected chi connectivity index (χ3v) is 3.33. The summed E-state index contributed by atoms with van der Waals surface area (Å²) in [6.07, 6.45) is 7.08. The third kappa shape index (κ3) is 3.37. The minimum absolute atomic E-state index is 0.407. The SMILES string of the molecule is C#CCCCC(O)c1cccc(Br)c1C. The van der Waals surface area contributed by atoms with Gasteiger partial charge in [-0.05, 0) is 37.0 Å². The second-order valence-electron chi connectivity index (χ2n) is 3.57. The molecular weight excluding hydrogens is 252 g/mol. The molecule has 0 fully saturated rings. The molecule has 0 amide bonds. The molecular formula is C13H15BrO. The molecule has 15 heavy (non-hydrogen) atoms. The van der Waals surface area contributed by atoms with Crippen LogP contribution in [0.3, 0.4) is 0 Å². The van der Waals surface area contributed by atoms with Crippen LogP contribution in [-0.4, -0.2) is 5.11 Å². The summed E-state index contributed by atoms with van der Waals surface area (Å²) in [5, 5.41) is 9.96. The van der Waals surface area contributed by atoms with Crippen molar-refractivity contribution in [2.75, 3.05) is 0 Å². The summed E-state index contributed by atoms with van der Waals surface area (Å²) in [4.78, 5) is 0. The molecule has 0 heterocycles. The van der Waals surface area contributed by atoms with E-state index in [1.54, 1.807) is 0 Å². The summed E-state index contributed by atoms with van der Waals surface area (Å²) in [5.41, 5.74) is 2.09. The van der Waals surface area contributed by atoms with Crippen molar-refractivity contribution in [3.05, 3.63) is 33.8 Å². The first kappa shape index (κ1) is 12.3. The molecule has 80 valence electrons. The van der Waals surface area contributed by atoms with Gasteiger partial charge < -0.3 is 5.11 Å². The van der Waals surface area contributed by atoms with E-state index in [0.29, 0.717) is 0 Å². The lowest BCUT2D eigenvalue weighted by atomic mass is 9.99. The lowest BCUT2D eigenvalue weighted by molar-refractivity contribution is 0.164. The molecule has 0 saturated carbocycles. The molecule has 1 aromatic carbocycles. The van der Waals surface area contributed by atoms with E-state index in [4.69, 9.17) is 6.42 Å². The van der Waals surface area contributed by atoms with Crippen LogP contribution in [0, 0.1) is 19.3 Å². The Morgan fingerprint density at radius 3 is 2.93 bits per heavy atom. The summed E-state index contributed by atoms with van der Waals surface area (Å²) in [6, 6.07) is 5.88. The molecule has 1 atom stereocenters. The van der Waals surface area contributed by atoms with Crippen molar-refractivity contribution in [1.82, 2.24) is 0 Å². The topological polar surface area (TPSA) is 20.2 Å². The number of rotatable bonds is 4. The fourth-order valence-corrected chi connectivity index (χ4v) is 1.92. The van der Waals surface area contributed by atoms with Gasteiger partial charge in [0, 0.05) is 10.9 Å². The lowest BCUT2D eigenvalue weighted by Gasteiger charge is -2.13. The fourth-order valence-electron chi connectivity index (χ4n) is 1.54. The zero-order valence-electron chi connectivity index (χ0n) is 8.83. The Balaban J connectivity index is 2.70. The zero-order chi connectivity index (χ0) is 11.3. The summed E-state index contributed by atoms with van der Waals surface area (Å²) >= 11 is 3.45. The molecule has 1 N–H and O–H groups in total. The van der Waals surface area contributed by atoms with E-state index in [9.17, 15) is 5.11 Å². The van der Waals surface area contributed by atoms with Crippen LogP contribution < -0.4 is 0 Å². The van der Waals surface area contributed by atoms with E-state index in [2.05, 4.69) is 21.9 Å². The molecule has 0 aliphatic carbocycles. The number of aliphatic hydroxyl groups is 1. The van der Waals surface area contributed by atoms with Gasteiger partial charge in [0.2, 0.25) is 0 Å². The Hall–Kier alpha value is -0.780. The van der Waals surface area contributed by atoms with E-state index < -0.39 is 6.10 Å². The van der Waals surface area contributed by atoms with Crippen LogP contribution in [0.5, 0.6) is 0 Å². The molecule has 0 radical (unpaired) electrons. The van der Waals surface area contributed by atoms with Crippen molar-refractivity contribution in [3.63, 3.8) is 0 Å². The van der Waals surface area contributed by atoms with E-state index in [1.165, 1.54) is 0 Å². The van der Waals surface area contributed by atoms with Crippen molar-refractivity contribution >= 4 is 15.9 Å². The smallest absolute Gasteiger partial charge is 0.0793 e. The van der Waals surface area contributed by atoms with Gasteiger partial charge >= 0.3 is 0 Å². The van der Waals surface area contributed by atoms with E-state index in [-0.39, 0.29) is 0 Å². The molecule has 1 nitrogen and oxygen atoms in total. The summed E-state index contributed by atoms with van der Waals surface area (Å²) in [6.45, 7) is 2.00. The fraction of sp³-hybridized carbons (Fsp3) is 0.385. The molecule has 0 saturated heterocycles. The van der Waals surface area contributed by atoms with E-state index in [0.717, 1.165) is 34.9 Å². The number of hydrogen-bond donors (Lipinski definition) is 1. The van der Waals surface area contributed by atoms with Crippen LogP contribution in [0.1, 0.15) is 36.5 Å². The number of unbranched alkanes of at least 4 members (excludes halogenated alkanes) is 1.